The Kier molecular flexibility index (Phi) is 13.3. The van der Waals surface area contributed by atoms with Crippen molar-refractivity contribution in [2.75, 3.05) is 0 Å². The summed E-state index contributed by atoms with van der Waals surface area (Å²) in [5.41, 5.74) is 2.98. The molecule has 0 radical (unpaired) electrons. The minimum atomic E-state index is 0.841. The lowest BCUT2D eigenvalue weighted by Crippen LogP contribution is -2.25. The van der Waals surface area contributed by atoms with Crippen LogP contribution in [-0.2, 0) is 0 Å². The molecule has 0 amide bonds. The number of benzene rings is 1. The normalized spacial score (nSPS) is 35.6. The second kappa shape index (κ2) is 16.6. The maximum absolute atomic E-state index is 2.38. The molecule has 5 rings (SSSR count). The van der Waals surface area contributed by atoms with Crippen LogP contribution in [0.1, 0.15) is 173 Å². The smallest absolute Gasteiger partial charge is 0.0162 e. The fraction of sp³-hybridized carbons (Fsp3) is 0.846. The van der Waals surface area contributed by atoms with E-state index in [0.29, 0.717) is 0 Å². The van der Waals surface area contributed by atoms with Crippen molar-refractivity contribution >= 4 is 0 Å². The van der Waals surface area contributed by atoms with Gasteiger partial charge in [-0.2, -0.15) is 0 Å². The third kappa shape index (κ3) is 9.64. The topological polar surface area (TPSA) is 0 Å². The Morgan fingerprint density at radius 2 is 0.821 bits per heavy atom. The van der Waals surface area contributed by atoms with Crippen molar-refractivity contribution in [1.82, 2.24) is 0 Å². The summed E-state index contributed by atoms with van der Waals surface area (Å²) in [4.78, 5) is 0. The molecule has 0 aromatic heterocycles. The van der Waals surface area contributed by atoms with Gasteiger partial charge in [-0.05, 0) is 124 Å². The van der Waals surface area contributed by atoms with Crippen molar-refractivity contribution in [2.45, 2.75) is 168 Å². The molecule has 0 unspecified atom stereocenters. The van der Waals surface area contributed by atoms with E-state index in [4.69, 9.17) is 0 Å². The maximum Gasteiger partial charge on any atom is -0.0162 e. The zero-order valence-corrected chi connectivity index (χ0v) is 26.8. The molecular formula is C39H66. The molecule has 39 heavy (non-hydrogen) atoms. The average molecular weight is 535 g/mol. The highest BCUT2D eigenvalue weighted by molar-refractivity contribution is 5.24. The van der Waals surface area contributed by atoms with Crippen molar-refractivity contribution in [3.63, 3.8) is 0 Å². The molecule has 0 heteroatoms. The van der Waals surface area contributed by atoms with Crippen LogP contribution in [0.15, 0.2) is 24.3 Å². The van der Waals surface area contributed by atoms with Crippen LogP contribution in [0.5, 0.6) is 0 Å². The summed E-state index contributed by atoms with van der Waals surface area (Å²) in [6, 6.07) is 9.32. The van der Waals surface area contributed by atoms with Crippen molar-refractivity contribution in [2.24, 2.45) is 41.4 Å². The van der Waals surface area contributed by atoms with Gasteiger partial charge >= 0.3 is 0 Å². The molecule has 4 aliphatic carbocycles. The van der Waals surface area contributed by atoms with Gasteiger partial charge in [0.25, 0.3) is 0 Å². The summed E-state index contributed by atoms with van der Waals surface area (Å²) < 4.78 is 0. The average Bonchev–Trinajstić information content (AvgIpc) is 2.99. The summed E-state index contributed by atoms with van der Waals surface area (Å²) in [7, 11) is 0. The van der Waals surface area contributed by atoms with E-state index in [9.17, 15) is 0 Å². The summed E-state index contributed by atoms with van der Waals surface area (Å²) in [6.45, 7) is 9.26. The maximum atomic E-state index is 2.38. The van der Waals surface area contributed by atoms with Gasteiger partial charge < -0.3 is 0 Å². The molecule has 0 nitrogen and oxygen atoms in total. The summed E-state index contributed by atoms with van der Waals surface area (Å²) in [5, 5.41) is 0. The van der Waals surface area contributed by atoms with Crippen LogP contribution < -0.4 is 0 Å². The Hall–Kier alpha value is -0.780. The molecule has 1 aromatic rings. The van der Waals surface area contributed by atoms with E-state index in [1.165, 1.54) is 102 Å². The second-order valence-electron chi connectivity index (χ2n) is 14.9. The molecule has 222 valence electrons. The minimum Gasteiger partial charge on any atom is -0.0654 e. The van der Waals surface area contributed by atoms with Gasteiger partial charge in [-0.1, -0.05) is 121 Å². The highest BCUT2D eigenvalue weighted by Crippen LogP contribution is 2.45. The molecule has 0 bridgehead atoms. The number of aryl methyl sites for hydroxylation is 1. The predicted molar refractivity (Wildman–Crippen MR) is 172 cm³/mol. The van der Waals surface area contributed by atoms with E-state index < -0.39 is 0 Å². The van der Waals surface area contributed by atoms with Crippen molar-refractivity contribution in [3.8, 4) is 0 Å². The fourth-order valence-electron chi connectivity index (χ4n) is 9.54. The molecule has 1 aromatic carbocycles. The third-order valence-electron chi connectivity index (χ3n) is 12.3. The van der Waals surface area contributed by atoms with Gasteiger partial charge in [0.2, 0.25) is 0 Å². The van der Waals surface area contributed by atoms with Gasteiger partial charge in [0.1, 0.15) is 0 Å². The Balaban J connectivity index is 0.000000187. The Labute approximate surface area is 244 Å². The molecule has 0 heterocycles. The standard InChI is InChI=1S/C22H34.C17H32/c1-3-4-18-7-11-20(12-8-18)22-15-13-21(14-16-22)19-9-5-17(2)6-10-19;1-3-5-15-8-12-17(13-9-15)16-10-6-14(4-2)7-11-16/h5-6,9-10,18,20-22H,3-4,7-8,11-16H2,1-2H3;14-17H,3-13H2,1-2H3. The first kappa shape index (κ1) is 31.2. The highest BCUT2D eigenvalue weighted by Gasteiger charge is 2.32. The molecule has 4 fully saturated rings. The van der Waals surface area contributed by atoms with Crippen LogP contribution in [0.25, 0.3) is 0 Å². The molecule has 0 aliphatic heterocycles. The second-order valence-corrected chi connectivity index (χ2v) is 14.9. The first-order valence-electron chi connectivity index (χ1n) is 18.2. The molecule has 0 N–H and O–H groups in total. The van der Waals surface area contributed by atoms with E-state index >= 15 is 0 Å². The zero-order valence-electron chi connectivity index (χ0n) is 26.8. The molecular weight excluding hydrogens is 468 g/mol. The quantitative estimate of drug-likeness (QED) is 0.311. The van der Waals surface area contributed by atoms with Gasteiger partial charge in [0.15, 0.2) is 0 Å². The van der Waals surface area contributed by atoms with Gasteiger partial charge in [0, 0.05) is 0 Å². The van der Waals surface area contributed by atoms with E-state index in [0.717, 1.165) is 47.3 Å². The van der Waals surface area contributed by atoms with Gasteiger partial charge in [-0.25, -0.2) is 0 Å². The van der Waals surface area contributed by atoms with Gasteiger partial charge in [0.05, 0.1) is 0 Å². The number of hydrogen-bond donors (Lipinski definition) is 0. The Morgan fingerprint density at radius 1 is 0.462 bits per heavy atom. The first-order chi connectivity index (χ1) is 19.1. The van der Waals surface area contributed by atoms with Crippen molar-refractivity contribution in [3.05, 3.63) is 35.4 Å². The predicted octanol–water partition coefficient (Wildman–Crippen LogP) is 12.7. The van der Waals surface area contributed by atoms with E-state index in [2.05, 4.69) is 52.0 Å². The van der Waals surface area contributed by atoms with E-state index in [1.54, 1.807) is 44.1 Å². The molecule has 0 saturated heterocycles. The van der Waals surface area contributed by atoms with E-state index in [-0.39, 0.29) is 0 Å². The monoisotopic (exact) mass is 535 g/mol. The number of rotatable bonds is 8. The summed E-state index contributed by atoms with van der Waals surface area (Å²) >= 11 is 0. The lowest BCUT2D eigenvalue weighted by Gasteiger charge is -2.38. The van der Waals surface area contributed by atoms with Gasteiger partial charge in [-0.3, -0.25) is 0 Å². The van der Waals surface area contributed by atoms with Crippen LogP contribution in [-0.4, -0.2) is 0 Å². The molecule has 4 saturated carbocycles. The van der Waals surface area contributed by atoms with Crippen LogP contribution in [0.4, 0.5) is 0 Å². The van der Waals surface area contributed by atoms with Crippen LogP contribution >= 0.6 is 0 Å². The van der Waals surface area contributed by atoms with Crippen LogP contribution in [0.3, 0.4) is 0 Å². The SMILES string of the molecule is CCCC1CCC(C2CCC(CC)CC2)CC1.CCCC1CCC(C2CCC(c3ccc(C)cc3)CC2)CC1. The lowest BCUT2D eigenvalue weighted by molar-refractivity contribution is 0.142. The molecule has 4 aliphatic rings. The molecule has 0 atom stereocenters. The van der Waals surface area contributed by atoms with Crippen molar-refractivity contribution < 1.29 is 0 Å². The minimum absolute atomic E-state index is 0.841. The van der Waals surface area contributed by atoms with Gasteiger partial charge in [-0.15, -0.1) is 0 Å². The fourth-order valence-corrected chi connectivity index (χ4v) is 9.54. The summed E-state index contributed by atoms with van der Waals surface area (Å²) in [6.07, 6.45) is 31.6. The first-order valence-corrected chi connectivity index (χ1v) is 18.2. The van der Waals surface area contributed by atoms with E-state index in [1.807, 2.05) is 0 Å². The van der Waals surface area contributed by atoms with Crippen molar-refractivity contribution in [1.29, 1.82) is 0 Å². The van der Waals surface area contributed by atoms with Crippen LogP contribution in [0, 0.1) is 48.3 Å². The largest absolute Gasteiger partial charge is 0.0654 e. The number of hydrogen-bond acceptors (Lipinski definition) is 0. The third-order valence-corrected chi connectivity index (χ3v) is 12.3. The summed E-state index contributed by atoms with van der Waals surface area (Å²) in [5.74, 6) is 8.39. The Bertz CT molecular complexity index is 744. The lowest BCUT2D eigenvalue weighted by atomic mass is 9.68. The highest BCUT2D eigenvalue weighted by atomic mass is 14.4. The van der Waals surface area contributed by atoms with Crippen LogP contribution in [0.2, 0.25) is 0 Å². The Morgan fingerprint density at radius 3 is 1.18 bits per heavy atom. The zero-order chi connectivity index (χ0) is 27.5. The molecule has 0 spiro atoms.